The molecule has 0 fully saturated rings. The molecule has 2 nitrogen and oxygen atoms in total. The fourth-order valence-electron chi connectivity index (χ4n) is 2.54. The number of hydrogen-bond donors (Lipinski definition) is 0. The molecule has 21 heavy (non-hydrogen) atoms. The summed E-state index contributed by atoms with van der Waals surface area (Å²) in [7, 11) is 0. The van der Waals surface area contributed by atoms with Gasteiger partial charge in [-0.3, -0.25) is 0 Å². The van der Waals surface area contributed by atoms with E-state index in [1.54, 1.807) is 0 Å². The lowest BCUT2D eigenvalue weighted by atomic mass is 10.0. The van der Waals surface area contributed by atoms with E-state index in [0.29, 0.717) is 13.2 Å². The second kappa shape index (κ2) is 6.63. The maximum Gasteiger partial charge on any atom is 0.123 e. The third-order valence-electron chi connectivity index (χ3n) is 3.74. The molecule has 0 aromatic heterocycles. The Kier molecular flexibility index (Phi) is 4.61. The SMILES string of the molecule is Cc1ccc2c(c1)OC(COCc1ccc(Br)cc1)CC2. The monoisotopic (exact) mass is 346 g/mol. The summed E-state index contributed by atoms with van der Waals surface area (Å²) in [5, 5.41) is 0. The molecule has 3 rings (SSSR count). The van der Waals surface area contributed by atoms with Crippen molar-refractivity contribution in [3.63, 3.8) is 0 Å². The highest BCUT2D eigenvalue weighted by Crippen LogP contribution is 2.28. The Morgan fingerprint density at radius 1 is 1.19 bits per heavy atom. The van der Waals surface area contributed by atoms with E-state index in [1.165, 1.54) is 16.7 Å². The van der Waals surface area contributed by atoms with Gasteiger partial charge < -0.3 is 9.47 Å². The molecule has 2 aromatic carbocycles. The molecule has 0 aliphatic carbocycles. The smallest absolute Gasteiger partial charge is 0.123 e. The minimum Gasteiger partial charge on any atom is -0.488 e. The molecule has 0 radical (unpaired) electrons. The molecular formula is C18H19BrO2. The molecule has 3 heteroatoms. The van der Waals surface area contributed by atoms with E-state index in [-0.39, 0.29) is 6.10 Å². The summed E-state index contributed by atoms with van der Waals surface area (Å²) < 4.78 is 12.9. The zero-order valence-corrected chi connectivity index (χ0v) is 13.7. The molecule has 1 aliphatic rings. The first-order valence-electron chi connectivity index (χ1n) is 7.29. The molecule has 0 bridgehead atoms. The van der Waals surface area contributed by atoms with Gasteiger partial charge in [0.2, 0.25) is 0 Å². The molecule has 2 aromatic rings. The minimum atomic E-state index is 0.162. The van der Waals surface area contributed by atoms with Crippen LogP contribution >= 0.6 is 15.9 Å². The lowest BCUT2D eigenvalue weighted by molar-refractivity contribution is 0.0316. The van der Waals surface area contributed by atoms with E-state index in [4.69, 9.17) is 9.47 Å². The first-order chi connectivity index (χ1) is 10.2. The molecule has 110 valence electrons. The van der Waals surface area contributed by atoms with Crippen LogP contribution in [0, 0.1) is 6.92 Å². The summed E-state index contributed by atoms with van der Waals surface area (Å²) in [6.45, 7) is 3.37. The van der Waals surface area contributed by atoms with Crippen LogP contribution in [0.5, 0.6) is 5.75 Å². The minimum absolute atomic E-state index is 0.162. The maximum atomic E-state index is 6.04. The Labute approximate surface area is 134 Å². The molecule has 1 unspecified atom stereocenters. The van der Waals surface area contributed by atoms with Gasteiger partial charge in [-0.05, 0) is 54.7 Å². The topological polar surface area (TPSA) is 18.5 Å². The standard InChI is InChI=1S/C18H19BrO2/c1-13-2-5-15-6-9-17(21-18(15)10-13)12-20-11-14-3-7-16(19)8-4-14/h2-5,7-8,10,17H,6,9,11-12H2,1H3. The number of ether oxygens (including phenoxy) is 2. The number of aryl methyl sites for hydroxylation is 2. The number of rotatable bonds is 4. The molecule has 1 atom stereocenters. The third kappa shape index (κ3) is 3.86. The fraction of sp³-hybridized carbons (Fsp3) is 0.333. The van der Waals surface area contributed by atoms with Gasteiger partial charge in [0.1, 0.15) is 11.9 Å². The van der Waals surface area contributed by atoms with Gasteiger partial charge in [0, 0.05) is 4.47 Å². The average molecular weight is 347 g/mol. The predicted molar refractivity (Wildman–Crippen MR) is 87.7 cm³/mol. The van der Waals surface area contributed by atoms with Gasteiger partial charge in [-0.25, -0.2) is 0 Å². The first kappa shape index (κ1) is 14.6. The van der Waals surface area contributed by atoms with Crippen LogP contribution in [-0.4, -0.2) is 12.7 Å². The zero-order valence-electron chi connectivity index (χ0n) is 12.1. The normalized spacial score (nSPS) is 17.1. The van der Waals surface area contributed by atoms with Crippen LogP contribution < -0.4 is 4.74 Å². The molecule has 0 saturated heterocycles. The van der Waals surface area contributed by atoms with Crippen LogP contribution in [0.4, 0.5) is 0 Å². The third-order valence-corrected chi connectivity index (χ3v) is 4.27. The van der Waals surface area contributed by atoms with Crippen LogP contribution in [-0.2, 0) is 17.8 Å². The van der Waals surface area contributed by atoms with E-state index in [1.807, 2.05) is 12.1 Å². The highest BCUT2D eigenvalue weighted by molar-refractivity contribution is 9.10. The number of fused-ring (bicyclic) bond motifs is 1. The Morgan fingerprint density at radius 2 is 2.00 bits per heavy atom. The Bertz CT molecular complexity index is 607. The Hall–Kier alpha value is -1.32. The zero-order chi connectivity index (χ0) is 14.7. The molecule has 0 saturated carbocycles. The summed E-state index contributed by atoms with van der Waals surface area (Å²) in [5.74, 6) is 1.03. The van der Waals surface area contributed by atoms with Crippen molar-refractivity contribution in [2.75, 3.05) is 6.61 Å². The molecule has 0 amide bonds. The molecular weight excluding hydrogens is 328 g/mol. The van der Waals surface area contributed by atoms with Crippen molar-refractivity contribution in [3.8, 4) is 5.75 Å². The van der Waals surface area contributed by atoms with Gasteiger partial charge in [-0.1, -0.05) is 40.2 Å². The van der Waals surface area contributed by atoms with E-state index < -0.39 is 0 Å². The van der Waals surface area contributed by atoms with Crippen molar-refractivity contribution in [1.82, 2.24) is 0 Å². The van der Waals surface area contributed by atoms with E-state index >= 15 is 0 Å². The van der Waals surface area contributed by atoms with Crippen molar-refractivity contribution in [1.29, 1.82) is 0 Å². The van der Waals surface area contributed by atoms with Crippen molar-refractivity contribution in [3.05, 3.63) is 63.6 Å². The molecule has 0 N–H and O–H groups in total. The first-order valence-corrected chi connectivity index (χ1v) is 8.08. The van der Waals surface area contributed by atoms with Crippen LogP contribution in [0.25, 0.3) is 0 Å². The Morgan fingerprint density at radius 3 is 2.81 bits per heavy atom. The second-order valence-electron chi connectivity index (χ2n) is 5.53. The van der Waals surface area contributed by atoms with Crippen LogP contribution in [0.2, 0.25) is 0 Å². The van der Waals surface area contributed by atoms with Crippen molar-refractivity contribution < 1.29 is 9.47 Å². The average Bonchev–Trinajstić information content (AvgIpc) is 2.49. The van der Waals surface area contributed by atoms with Crippen molar-refractivity contribution in [2.45, 2.75) is 32.5 Å². The lowest BCUT2D eigenvalue weighted by Crippen LogP contribution is -2.27. The number of benzene rings is 2. The summed E-state index contributed by atoms with van der Waals surface area (Å²) in [6.07, 6.45) is 2.26. The lowest BCUT2D eigenvalue weighted by Gasteiger charge is -2.26. The highest BCUT2D eigenvalue weighted by atomic mass is 79.9. The largest absolute Gasteiger partial charge is 0.488 e. The van der Waals surface area contributed by atoms with Crippen LogP contribution in [0.15, 0.2) is 46.9 Å². The summed E-state index contributed by atoms with van der Waals surface area (Å²) in [6, 6.07) is 14.7. The van der Waals surface area contributed by atoms with Gasteiger partial charge in [-0.15, -0.1) is 0 Å². The fourth-order valence-corrected chi connectivity index (χ4v) is 2.80. The van der Waals surface area contributed by atoms with Gasteiger partial charge in [0.05, 0.1) is 13.2 Å². The molecule has 1 heterocycles. The predicted octanol–water partition coefficient (Wildman–Crippen LogP) is 4.67. The van der Waals surface area contributed by atoms with Gasteiger partial charge >= 0.3 is 0 Å². The van der Waals surface area contributed by atoms with Gasteiger partial charge in [0.25, 0.3) is 0 Å². The van der Waals surface area contributed by atoms with Gasteiger partial charge in [-0.2, -0.15) is 0 Å². The van der Waals surface area contributed by atoms with Crippen LogP contribution in [0.1, 0.15) is 23.1 Å². The maximum absolute atomic E-state index is 6.04. The Balaban J connectivity index is 1.52. The molecule has 0 spiro atoms. The quantitative estimate of drug-likeness (QED) is 0.800. The highest BCUT2D eigenvalue weighted by Gasteiger charge is 2.19. The summed E-state index contributed by atoms with van der Waals surface area (Å²) >= 11 is 3.44. The van der Waals surface area contributed by atoms with Crippen molar-refractivity contribution >= 4 is 15.9 Å². The number of halogens is 1. The van der Waals surface area contributed by atoms with Gasteiger partial charge in [0.15, 0.2) is 0 Å². The van der Waals surface area contributed by atoms with E-state index in [0.717, 1.165) is 23.1 Å². The second-order valence-corrected chi connectivity index (χ2v) is 6.45. The summed E-state index contributed by atoms with van der Waals surface area (Å²) in [4.78, 5) is 0. The number of hydrogen-bond acceptors (Lipinski definition) is 2. The van der Waals surface area contributed by atoms with E-state index in [2.05, 4.69) is 53.2 Å². The molecule has 1 aliphatic heterocycles. The summed E-state index contributed by atoms with van der Waals surface area (Å²) in [5.41, 5.74) is 3.74. The van der Waals surface area contributed by atoms with Crippen LogP contribution in [0.3, 0.4) is 0 Å². The van der Waals surface area contributed by atoms with Crippen molar-refractivity contribution in [2.24, 2.45) is 0 Å². The van der Waals surface area contributed by atoms with E-state index in [9.17, 15) is 0 Å².